The molecule has 0 aromatic heterocycles. The number of ether oxygens (including phenoxy) is 1. The molecule has 1 heterocycles. The number of anilines is 3. The van der Waals surface area contributed by atoms with Crippen molar-refractivity contribution in [2.24, 2.45) is 5.92 Å². The zero-order chi connectivity index (χ0) is 21.8. The maximum absolute atomic E-state index is 13.2. The highest BCUT2D eigenvalue weighted by Gasteiger charge is 2.29. The molecular weight excluding hydrogens is 408 g/mol. The van der Waals surface area contributed by atoms with E-state index in [4.69, 9.17) is 10.5 Å². The summed E-state index contributed by atoms with van der Waals surface area (Å²) in [4.78, 5) is 29.5. The lowest BCUT2D eigenvalue weighted by Gasteiger charge is -2.31. The van der Waals surface area contributed by atoms with E-state index >= 15 is 0 Å². The number of carbonyl (C=O) groups excluding carboxylic acids is 2. The molecule has 31 heavy (non-hydrogen) atoms. The van der Waals surface area contributed by atoms with E-state index in [9.17, 15) is 9.59 Å². The van der Waals surface area contributed by atoms with Crippen molar-refractivity contribution < 1.29 is 14.3 Å². The van der Waals surface area contributed by atoms with E-state index in [1.807, 2.05) is 79.7 Å². The van der Waals surface area contributed by atoms with Gasteiger partial charge in [-0.15, -0.1) is 0 Å². The molecule has 2 N–H and O–H groups in total. The third-order valence-corrected chi connectivity index (χ3v) is 6.44. The van der Waals surface area contributed by atoms with Gasteiger partial charge in [0.1, 0.15) is 0 Å². The molecule has 0 saturated carbocycles. The summed E-state index contributed by atoms with van der Waals surface area (Å²) in [6, 6.07) is 23.0. The highest BCUT2D eigenvalue weighted by molar-refractivity contribution is 7.99. The summed E-state index contributed by atoms with van der Waals surface area (Å²) in [7, 11) is 0. The van der Waals surface area contributed by atoms with Crippen molar-refractivity contribution in [2.45, 2.75) is 29.6 Å². The number of amides is 1. The van der Waals surface area contributed by atoms with Gasteiger partial charge in [-0.3, -0.25) is 14.5 Å². The lowest BCUT2D eigenvalue weighted by atomic mass is 9.97. The summed E-state index contributed by atoms with van der Waals surface area (Å²) in [5.74, 6) is -0.940. The molecule has 1 aliphatic rings. The van der Waals surface area contributed by atoms with Gasteiger partial charge in [0, 0.05) is 15.5 Å². The Morgan fingerprint density at radius 3 is 2.10 bits per heavy atom. The highest BCUT2D eigenvalue weighted by Crippen LogP contribution is 2.47. The SMILES string of the molecule is CCC(Cc1ccc(N)cc1)C(=O)OCC(=O)N1c2ccccc2Sc2ccccc21. The maximum Gasteiger partial charge on any atom is 0.309 e. The summed E-state index contributed by atoms with van der Waals surface area (Å²) in [6.07, 6.45) is 1.18. The van der Waals surface area contributed by atoms with Crippen LogP contribution in [0.25, 0.3) is 0 Å². The minimum Gasteiger partial charge on any atom is -0.455 e. The van der Waals surface area contributed by atoms with Gasteiger partial charge in [0.25, 0.3) is 5.91 Å². The molecule has 158 valence electrons. The van der Waals surface area contributed by atoms with Crippen LogP contribution in [-0.4, -0.2) is 18.5 Å². The van der Waals surface area contributed by atoms with Crippen molar-refractivity contribution in [3.05, 3.63) is 78.4 Å². The van der Waals surface area contributed by atoms with Crippen molar-refractivity contribution >= 4 is 40.7 Å². The smallest absolute Gasteiger partial charge is 0.309 e. The topological polar surface area (TPSA) is 72.6 Å². The molecule has 0 saturated heterocycles. The first-order chi connectivity index (χ1) is 15.1. The molecule has 6 heteroatoms. The van der Waals surface area contributed by atoms with Gasteiger partial charge in [-0.1, -0.05) is 55.1 Å². The Morgan fingerprint density at radius 2 is 1.52 bits per heavy atom. The lowest BCUT2D eigenvalue weighted by molar-refractivity contribution is -0.152. The van der Waals surface area contributed by atoms with E-state index in [1.54, 1.807) is 16.7 Å². The monoisotopic (exact) mass is 432 g/mol. The van der Waals surface area contributed by atoms with Crippen LogP contribution < -0.4 is 10.6 Å². The molecule has 1 amide bonds. The number of nitrogen functional groups attached to an aromatic ring is 1. The predicted octanol–water partition coefficient (Wildman–Crippen LogP) is 5.21. The quantitative estimate of drug-likeness (QED) is 0.428. The standard InChI is InChI=1S/C25H24N2O3S/c1-2-18(15-17-11-13-19(26)14-12-17)25(29)30-16-24(28)27-20-7-3-5-9-22(20)31-23-10-6-4-8-21(23)27/h3-14,18H,2,15-16,26H2,1H3. The number of esters is 1. The molecule has 0 aliphatic carbocycles. The summed E-state index contributed by atoms with van der Waals surface area (Å²) < 4.78 is 5.47. The zero-order valence-corrected chi connectivity index (χ0v) is 18.1. The number of hydrogen-bond acceptors (Lipinski definition) is 5. The third-order valence-electron chi connectivity index (χ3n) is 5.31. The predicted molar refractivity (Wildman–Crippen MR) is 123 cm³/mol. The van der Waals surface area contributed by atoms with Crippen LogP contribution in [0.3, 0.4) is 0 Å². The Kier molecular flexibility index (Phi) is 6.28. The third kappa shape index (κ3) is 4.59. The van der Waals surface area contributed by atoms with Crippen molar-refractivity contribution in [2.75, 3.05) is 17.2 Å². The van der Waals surface area contributed by atoms with Gasteiger partial charge in [-0.25, -0.2) is 0 Å². The van der Waals surface area contributed by atoms with Crippen LogP contribution in [0, 0.1) is 5.92 Å². The molecule has 0 bridgehead atoms. The van der Waals surface area contributed by atoms with Gasteiger partial charge in [0.05, 0.1) is 17.3 Å². The summed E-state index contributed by atoms with van der Waals surface area (Å²) in [5.41, 5.74) is 9.05. The minimum absolute atomic E-state index is 0.268. The molecule has 1 unspecified atom stereocenters. The molecule has 3 aromatic carbocycles. The van der Waals surface area contributed by atoms with Crippen LogP contribution in [0.1, 0.15) is 18.9 Å². The van der Waals surface area contributed by atoms with Crippen LogP contribution >= 0.6 is 11.8 Å². The molecule has 1 atom stereocenters. The first-order valence-corrected chi connectivity index (χ1v) is 11.1. The summed E-state index contributed by atoms with van der Waals surface area (Å²) >= 11 is 1.63. The van der Waals surface area contributed by atoms with E-state index in [1.165, 1.54) is 0 Å². The molecule has 5 nitrogen and oxygen atoms in total. The Labute approximate surface area is 186 Å². The molecule has 1 aliphatic heterocycles. The second-order valence-electron chi connectivity index (χ2n) is 7.43. The fraction of sp³-hybridized carbons (Fsp3) is 0.200. The van der Waals surface area contributed by atoms with E-state index in [-0.39, 0.29) is 24.4 Å². The van der Waals surface area contributed by atoms with Gasteiger partial charge in [0.15, 0.2) is 6.61 Å². The van der Waals surface area contributed by atoms with Crippen molar-refractivity contribution in [1.82, 2.24) is 0 Å². The van der Waals surface area contributed by atoms with Gasteiger partial charge in [-0.2, -0.15) is 0 Å². The van der Waals surface area contributed by atoms with Crippen LogP contribution in [-0.2, 0) is 20.7 Å². The van der Waals surface area contributed by atoms with Gasteiger partial charge in [-0.05, 0) is 54.8 Å². The average Bonchev–Trinajstić information content (AvgIpc) is 2.80. The molecule has 0 fully saturated rings. The number of fused-ring (bicyclic) bond motifs is 2. The van der Waals surface area contributed by atoms with E-state index < -0.39 is 0 Å². The number of hydrogen-bond donors (Lipinski definition) is 1. The Hall–Kier alpha value is -3.25. The van der Waals surface area contributed by atoms with Gasteiger partial charge < -0.3 is 10.5 Å². The number of nitrogens with two attached hydrogens (primary N) is 1. The van der Waals surface area contributed by atoms with Crippen molar-refractivity contribution in [3.63, 3.8) is 0 Å². The average molecular weight is 433 g/mol. The largest absolute Gasteiger partial charge is 0.455 e. The fourth-order valence-electron chi connectivity index (χ4n) is 3.62. The van der Waals surface area contributed by atoms with Crippen LogP contribution in [0.2, 0.25) is 0 Å². The number of nitrogens with zero attached hydrogens (tertiary/aromatic N) is 1. The van der Waals surface area contributed by atoms with Crippen molar-refractivity contribution in [3.8, 4) is 0 Å². The first-order valence-electron chi connectivity index (χ1n) is 10.3. The maximum atomic E-state index is 13.2. The van der Waals surface area contributed by atoms with E-state index in [2.05, 4.69) is 0 Å². The summed E-state index contributed by atoms with van der Waals surface area (Å²) in [5, 5.41) is 0. The van der Waals surface area contributed by atoms with E-state index in [0.717, 1.165) is 26.7 Å². The summed E-state index contributed by atoms with van der Waals surface area (Å²) in [6.45, 7) is 1.64. The van der Waals surface area contributed by atoms with Crippen LogP contribution in [0.4, 0.5) is 17.1 Å². The zero-order valence-electron chi connectivity index (χ0n) is 17.3. The molecular formula is C25H24N2O3S. The second-order valence-corrected chi connectivity index (χ2v) is 8.51. The highest BCUT2D eigenvalue weighted by atomic mass is 32.2. The molecule has 4 rings (SSSR count). The molecule has 0 radical (unpaired) electrons. The second kappa shape index (κ2) is 9.27. The van der Waals surface area contributed by atoms with Crippen LogP contribution in [0.15, 0.2) is 82.6 Å². The Morgan fingerprint density at radius 1 is 0.935 bits per heavy atom. The lowest BCUT2D eigenvalue weighted by Crippen LogP contribution is -2.33. The van der Waals surface area contributed by atoms with E-state index in [0.29, 0.717) is 18.5 Å². The number of rotatable bonds is 6. The number of benzene rings is 3. The minimum atomic E-state index is -0.361. The molecule has 3 aromatic rings. The first kappa shape index (κ1) is 21.0. The Balaban J connectivity index is 1.47. The number of carbonyl (C=O) groups is 2. The van der Waals surface area contributed by atoms with Crippen LogP contribution in [0.5, 0.6) is 0 Å². The van der Waals surface area contributed by atoms with Gasteiger partial charge >= 0.3 is 5.97 Å². The van der Waals surface area contributed by atoms with Crippen molar-refractivity contribution in [1.29, 1.82) is 0 Å². The van der Waals surface area contributed by atoms with Gasteiger partial charge in [0.2, 0.25) is 0 Å². The normalized spacial score (nSPS) is 13.1. The fourth-order valence-corrected chi connectivity index (χ4v) is 4.68. The number of para-hydroxylation sites is 2. The molecule has 0 spiro atoms. The Bertz CT molecular complexity index is 1050.